The third-order valence-corrected chi connectivity index (χ3v) is 3.84. The van der Waals surface area contributed by atoms with Crippen molar-refractivity contribution in [3.05, 3.63) is 22.3 Å². The van der Waals surface area contributed by atoms with Crippen LogP contribution in [0, 0.1) is 12.3 Å². The minimum Gasteiger partial charge on any atom is -0.329 e. The van der Waals surface area contributed by atoms with Crippen LogP contribution in [-0.4, -0.2) is 17.4 Å². The van der Waals surface area contributed by atoms with Crippen molar-refractivity contribution in [1.29, 1.82) is 0 Å². The number of aryl methyl sites for hydroxylation is 1. The number of nitrogens with two attached hydrogens (primary N) is 1. The Morgan fingerprint density at radius 2 is 2.38 bits per heavy atom. The Labute approximate surface area is 103 Å². The molecule has 3 N–H and O–H groups in total. The van der Waals surface area contributed by atoms with Gasteiger partial charge in [0.05, 0.1) is 5.41 Å². The highest BCUT2D eigenvalue weighted by atomic mass is 79.9. The van der Waals surface area contributed by atoms with Crippen molar-refractivity contribution in [2.24, 2.45) is 11.1 Å². The molecule has 0 atom stereocenters. The van der Waals surface area contributed by atoms with Gasteiger partial charge in [0.1, 0.15) is 5.82 Å². The van der Waals surface area contributed by atoms with Crippen LogP contribution in [-0.2, 0) is 4.79 Å². The molecule has 4 nitrogen and oxygen atoms in total. The summed E-state index contributed by atoms with van der Waals surface area (Å²) in [7, 11) is 0. The first kappa shape index (κ1) is 11.5. The summed E-state index contributed by atoms with van der Waals surface area (Å²) in [6.45, 7) is 2.37. The van der Waals surface area contributed by atoms with Gasteiger partial charge in [0, 0.05) is 17.2 Å². The Balaban J connectivity index is 2.09. The maximum absolute atomic E-state index is 11.9. The van der Waals surface area contributed by atoms with Crippen molar-refractivity contribution in [3.63, 3.8) is 0 Å². The Kier molecular flexibility index (Phi) is 2.99. The van der Waals surface area contributed by atoms with E-state index >= 15 is 0 Å². The number of amides is 1. The number of hydrogen-bond acceptors (Lipinski definition) is 3. The van der Waals surface area contributed by atoms with Gasteiger partial charge in [-0.25, -0.2) is 4.98 Å². The highest BCUT2D eigenvalue weighted by Gasteiger charge is 2.48. The van der Waals surface area contributed by atoms with E-state index in [9.17, 15) is 4.79 Å². The summed E-state index contributed by atoms with van der Waals surface area (Å²) in [6, 6.07) is 1.84. The van der Waals surface area contributed by atoms with Gasteiger partial charge in [0.25, 0.3) is 0 Å². The van der Waals surface area contributed by atoms with Crippen molar-refractivity contribution in [2.45, 2.75) is 19.8 Å². The van der Waals surface area contributed by atoms with Gasteiger partial charge in [-0.1, -0.05) is 0 Å². The molecule has 0 radical (unpaired) electrons. The second kappa shape index (κ2) is 4.14. The van der Waals surface area contributed by atoms with Gasteiger partial charge in [0.15, 0.2) is 0 Å². The maximum Gasteiger partial charge on any atom is 0.233 e. The summed E-state index contributed by atoms with van der Waals surface area (Å²) in [5.74, 6) is 0.578. The Hall–Kier alpha value is -0.940. The molecule has 1 aromatic rings. The second-order valence-electron chi connectivity index (χ2n) is 4.26. The van der Waals surface area contributed by atoms with E-state index in [4.69, 9.17) is 5.73 Å². The average Bonchev–Trinajstić information content (AvgIpc) is 3.04. The van der Waals surface area contributed by atoms with Crippen LogP contribution >= 0.6 is 15.9 Å². The molecule has 2 rings (SSSR count). The van der Waals surface area contributed by atoms with Gasteiger partial charge in [-0.3, -0.25) is 4.79 Å². The van der Waals surface area contributed by atoms with Gasteiger partial charge in [-0.05, 0) is 47.3 Å². The lowest BCUT2D eigenvalue weighted by Gasteiger charge is -2.12. The molecule has 5 heteroatoms. The average molecular weight is 284 g/mol. The molecule has 1 amide bonds. The highest BCUT2D eigenvalue weighted by Crippen LogP contribution is 2.45. The van der Waals surface area contributed by atoms with Crippen LogP contribution in [0.15, 0.2) is 16.7 Å². The molecule has 0 aliphatic heterocycles. The smallest absolute Gasteiger partial charge is 0.233 e. The molecule has 1 saturated carbocycles. The van der Waals surface area contributed by atoms with Crippen molar-refractivity contribution < 1.29 is 4.79 Å². The van der Waals surface area contributed by atoms with Crippen LogP contribution in [0.1, 0.15) is 18.4 Å². The van der Waals surface area contributed by atoms with Gasteiger partial charge in [0.2, 0.25) is 5.91 Å². The van der Waals surface area contributed by atoms with Crippen LogP contribution < -0.4 is 11.1 Å². The zero-order valence-corrected chi connectivity index (χ0v) is 10.7. The summed E-state index contributed by atoms with van der Waals surface area (Å²) < 4.78 is 0.936. The van der Waals surface area contributed by atoms with Gasteiger partial charge in [-0.15, -0.1) is 0 Å². The van der Waals surface area contributed by atoms with E-state index in [1.165, 1.54) is 0 Å². The standard InChI is InChI=1S/C11H14BrN3O/c1-7-4-9(14-5-8(7)12)15-10(16)11(6-13)2-3-11/h4-5H,2-3,6,13H2,1H3,(H,14,15,16). The summed E-state index contributed by atoms with van der Waals surface area (Å²) in [4.78, 5) is 16.0. The molecule has 0 aromatic carbocycles. The van der Waals surface area contributed by atoms with Crippen LogP contribution in [0.25, 0.3) is 0 Å². The molecule has 0 bridgehead atoms. The summed E-state index contributed by atoms with van der Waals surface area (Å²) in [6.07, 6.45) is 3.45. The number of nitrogens with one attached hydrogen (secondary N) is 1. The number of rotatable bonds is 3. The molecule has 1 fully saturated rings. The molecule has 0 unspecified atom stereocenters. The van der Waals surface area contributed by atoms with E-state index in [1.807, 2.05) is 13.0 Å². The molecule has 0 saturated heterocycles. The molecule has 1 heterocycles. The minimum atomic E-state index is -0.331. The van der Waals surface area contributed by atoms with Crippen LogP contribution in [0.3, 0.4) is 0 Å². The predicted molar refractivity (Wildman–Crippen MR) is 66.0 cm³/mol. The third kappa shape index (κ3) is 2.10. The molecule has 16 heavy (non-hydrogen) atoms. The van der Waals surface area contributed by atoms with E-state index in [-0.39, 0.29) is 11.3 Å². The second-order valence-corrected chi connectivity index (χ2v) is 5.11. The van der Waals surface area contributed by atoms with Crippen molar-refractivity contribution in [1.82, 2.24) is 4.98 Å². The third-order valence-electron chi connectivity index (χ3n) is 3.01. The molecule has 0 spiro atoms. The first-order chi connectivity index (χ1) is 7.57. The summed E-state index contributed by atoms with van der Waals surface area (Å²) in [5, 5.41) is 2.81. The molecule has 1 aliphatic carbocycles. The quantitative estimate of drug-likeness (QED) is 0.889. The lowest BCUT2D eigenvalue weighted by Crippen LogP contribution is -2.31. The summed E-state index contributed by atoms with van der Waals surface area (Å²) >= 11 is 3.37. The van der Waals surface area contributed by atoms with Crippen LogP contribution in [0.2, 0.25) is 0 Å². The maximum atomic E-state index is 11.9. The molecule has 1 aromatic heterocycles. The Morgan fingerprint density at radius 3 is 2.88 bits per heavy atom. The van der Waals surface area contributed by atoms with Gasteiger partial charge in [-0.2, -0.15) is 0 Å². The highest BCUT2D eigenvalue weighted by molar-refractivity contribution is 9.10. The Morgan fingerprint density at radius 1 is 1.69 bits per heavy atom. The van der Waals surface area contributed by atoms with E-state index in [0.717, 1.165) is 22.9 Å². The van der Waals surface area contributed by atoms with E-state index in [2.05, 4.69) is 26.2 Å². The lowest BCUT2D eigenvalue weighted by atomic mass is 10.1. The fraction of sp³-hybridized carbons (Fsp3) is 0.455. The number of halogens is 1. The molecule has 1 aliphatic rings. The largest absolute Gasteiger partial charge is 0.329 e. The van der Waals surface area contributed by atoms with Gasteiger partial charge < -0.3 is 11.1 Å². The predicted octanol–water partition coefficient (Wildman–Crippen LogP) is 1.83. The number of carbonyl (C=O) groups excluding carboxylic acids is 1. The molecule has 86 valence electrons. The SMILES string of the molecule is Cc1cc(NC(=O)C2(CN)CC2)ncc1Br. The first-order valence-electron chi connectivity index (χ1n) is 5.21. The zero-order chi connectivity index (χ0) is 11.8. The number of nitrogens with zero attached hydrogens (tertiary/aromatic N) is 1. The number of anilines is 1. The van der Waals surface area contributed by atoms with E-state index in [0.29, 0.717) is 12.4 Å². The van der Waals surface area contributed by atoms with Crippen molar-refractivity contribution in [2.75, 3.05) is 11.9 Å². The lowest BCUT2D eigenvalue weighted by molar-refractivity contribution is -0.120. The fourth-order valence-electron chi connectivity index (χ4n) is 1.53. The van der Waals surface area contributed by atoms with E-state index in [1.54, 1.807) is 6.20 Å². The number of carbonyl (C=O) groups is 1. The normalized spacial score (nSPS) is 16.9. The molecular formula is C11H14BrN3O. The minimum absolute atomic E-state index is 0.00998. The number of aromatic nitrogens is 1. The van der Waals surface area contributed by atoms with Crippen LogP contribution in [0.4, 0.5) is 5.82 Å². The van der Waals surface area contributed by atoms with Crippen molar-refractivity contribution >= 4 is 27.7 Å². The first-order valence-corrected chi connectivity index (χ1v) is 6.00. The van der Waals surface area contributed by atoms with Crippen LogP contribution in [0.5, 0.6) is 0 Å². The van der Waals surface area contributed by atoms with E-state index < -0.39 is 0 Å². The summed E-state index contributed by atoms with van der Waals surface area (Å²) in [5.41, 5.74) is 6.30. The molecular weight excluding hydrogens is 270 g/mol. The monoisotopic (exact) mass is 283 g/mol. The fourth-order valence-corrected chi connectivity index (χ4v) is 1.75. The number of pyridine rings is 1. The van der Waals surface area contributed by atoms with Crippen molar-refractivity contribution in [3.8, 4) is 0 Å². The van der Waals surface area contributed by atoms with Gasteiger partial charge >= 0.3 is 0 Å². The Bertz CT molecular complexity index is 429. The topological polar surface area (TPSA) is 68.0 Å². The number of hydrogen-bond donors (Lipinski definition) is 2. The zero-order valence-electron chi connectivity index (χ0n) is 9.09.